The fourth-order valence-electron chi connectivity index (χ4n) is 3.04. The van der Waals surface area contributed by atoms with Crippen LogP contribution in [0.15, 0.2) is 59.4 Å². The number of carbonyl (C=O) groups excluding carboxylic acids is 3. The zero-order chi connectivity index (χ0) is 23.1. The van der Waals surface area contributed by atoms with Crippen LogP contribution in [0.3, 0.4) is 0 Å². The summed E-state index contributed by atoms with van der Waals surface area (Å²) in [6.45, 7) is 3.99. The molecule has 0 unspecified atom stereocenters. The van der Waals surface area contributed by atoms with Gasteiger partial charge in [0.2, 0.25) is 5.91 Å². The van der Waals surface area contributed by atoms with E-state index in [1.54, 1.807) is 12.1 Å². The van der Waals surface area contributed by atoms with E-state index in [4.69, 9.17) is 4.42 Å². The molecule has 0 fully saturated rings. The van der Waals surface area contributed by atoms with Crippen LogP contribution in [0.1, 0.15) is 40.5 Å². The third-order valence-electron chi connectivity index (χ3n) is 4.77. The van der Waals surface area contributed by atoms with E-state index in [-0.39, 0.29) is 29.2 Å². The Labute approximate surface area is 185 Å². The maximum absolute atomic E-state index is 12.6. The van der Waals surface area contributed by atoms with Crippen molar-refractivity contribution in [3.05, 3.63) is 72.0 Å². The molecule has 0 aliphatic heterocycles. The summed E-state index contributed by atoms with van der Waals surface area (Å²) < 4.78 is 5.73. The molecule has 2 aromatic heterocycles. The summed E-state index contributed by atoms with van der Waals surface area (Å²) in [7, 11) is 1.53. The quantitative estimate of drug-likeness (QED) is 0.498. The molecule has 3 aromatic rings. The second-order valence-electron chi connectivity index (χ2n) is 7.45. The van der Waals surface area contributed by atoms with Crippen LogP contribution in [-0.4, -0.2) is 40.8 Å². The van der Waals surface area contributed by atoms with Crippen LogP contribution in [0.2, 0.25) is 0 Å². The van der Waals surface area contributed by atoms with Gasteiger partial charge in [0.15, 0.2) is 5.76 Å². The second kappa shape index (κ2) is 10.3. The first-order chi connectivity index (χ1) is 15.4. The van der Waals surface area contributed by atoms with Crippen LogP contribution < -0.4 is 16.0 Å². The highest BCUT2D eigenvalue weighted by Crippen LogP contribution is 2.23. The van der Waals surface area contributed by atoms with E-state index < -0.39 is 11.9 Å². The van der Waals surface area contributed by atoms with E-state index in [0.717, 1.165) is 11.1 Å². The molecule has 3 rings (SSSR count). The van der Waals surface area contributed by atoms with Gasteiger partial charge in [-0.1, -0.05) is 32.0 Å². The molecular formula is C23H25N5O4. The predicted octanol–water partition coefficient (Wildman–Crippen LogP) is 2.17. The van der Waals surface area contributed by atoms with E-state index >= 15 is 0 Å². The average molecular weight is 435 g/mol. The van der Waals surface area contributed by atoms with Crippen LogP contribution in [-0.2, 0) is 11.3 Å². The highest BCUT2D eigenvalue weighted by atomic mass is 16.4. The van der Waals surface area contributed by atoms with Gasteiger partial charge in [0.05, 0.1) is 6.20 Å². The predicted molar refractivity (Wildman–Crippen MR) is 118 cm³/mol. The van der Waals surface area contributed by atoms with Gasteiger partial charge in [-0.2, -0.15) is 0 Å². The van der Waals surface area contributed by atoms with Crippen molar-refractivity contribution < 1.29 is 18.8 Å². The average Bonchev–Trinajstić information content (AvgIpc) is 3.31. The van der Waals surface area contributed by atoms with Gasteiger partial charge in [0, 0.05) is 31.5 Å². The summed E-state index contributed by atoms with van der Waals surface area (Å²) in [5.41, 5.74) is 1.84. The molecule has 1 atom stereocenters. The maximum atomic E-state index is 12.6. The van der Waals surface area contributed by atoms with Crippen LogP contribution in [0.4, 0.5) is 0 Å². The summed E-state index contributed by atoms with van der Waals surface area (Å²) in [6, 6.07) is 10.00. The molecule has 1 aromatic carbocycles. The first kappa shape index (κ1) is 22.7. The van der Waals surface area contributed by atoms with Crippen molar-refractivity contribution in [3.63, 3.8) is 0 Å². The highest BCUT2D eigenvalue weighted by Gasteiger charge is 2.25. The van der Waals surface area contributed by atoms with Gasteiger partial charge < -0.3 is 20.4 Å². The molecule has 9 heteroatoms. The van der Waals surface area contributed by atoms with Crippen molar-refractivity contribution in [2.24, 2.45) is 5.92 Å². The molecule has 166 valence electrons. The first-order valence-corrected chi connectivity index (χ1v) is 10.1. The molecule has 0 radical (unpaired) electrons. The fourth-order valence-corrected chi connectivity index (χ4v) is 3.04. The van der Waals surface area contributed by atoms with Crippen molar-refractivity contribution in [3.8, 4) is 11.3 Å². The smallest absolute Gasteiger partial charge is 0.287 e. The van der Waals surface area contributed by atoms with Gasteiger partial charge in [-0.25, -0.2) is 4.98 Å². The van der Waals surface area contributed by atoms with Crippen LogP contribution >= 0.6 is 0 Å². The van der Waals surface area contributed by atoms with E-state index in [1.807, 2.05) is 38.1 Å². The molecule has 9 nitrogen and oxygen atoms in total. The zero-order valence-corrected chi connectivity index (χ0v) is 18.1. The second-order valence-corrected chi connectivity index (χ2v) is 7.45. The summed E-state index contributed by atoms with van der Waals surface area (Å²) >= 11 is 0. The number of furan rings is 1. The van der Waals surface area contributed by atoms with Crippen molar-refractivity contribution in [2.45, 2.75) is 26.4 Å². The van der Waals surface area contributed by atoms with Gasteiger partial charge in [0.1, 0.15) is 17.5 Å². The Morgan fingerprint density at radius 3 is 2.56 bits per heavy atom. The van der Waals surface area contributed by atoms with E-state index in [1.165, 1.54) is 25.6 Å². The lowest BCUT2D eigenvalue weighted by Crippen LogP contribution is -2.48. The summed E-state index contributed by atoms with van der Waals surface area (Å²) in [4.78, 5) is 44.6. The number of benzene rings is 1. The van der Waals surface area contributed by atoms with Crippen LogP contribution in [0.5, 0.6) is 0 Å². The Kier molecular flexibility index (Phi) is 7.33. The SMILES string of the molecule is CNC(=O)[C@@H](NC(=O)c1ccc(-c2cccc(CNC(=O)c3cnccn3)c2)o1)C(C)C. The van der Waals surface area contributed by atoms with Crippen LogP contribution in [0, 0.1) is 5.92 Å². The maximum Gasteiger partial charge on any atom is 0.287 e. The van der Waals surface area contributed by atoms with Gasteiger partial charge in [-0.15, -0.1) is 0 Å². The molecule has 0 spiro atoms. The number of hydrogen-bond donors (Lipinski definition) is 3. The van der Waals surface area contributed by atoms with E-state index in [2.05, 4.69) is 25.9 Å². The minimum absolute atomic E-state index is 0.0814. The zero-order valence-electron chi connectivity index (χ0n) is 18.1. The molecular weight excluding hydrogens is 410 g/mol. The number of likely N-dealkylation sites (N-methyl/N-ethyl adjacent to an activating group) is 1. The molecule has 0 bridgehead atoms. The van der Waals surface area contributed by atoms with Crippen LogP contribution in [0.25, 0.3) is 11.3 Å². The van der Waals surface area contributed by atoms with Crippen molar-refractivity contribution in [2.75, 3.05) is 7.05 Å². The molecule has 0 saturated carbocycles. The fraction of sp³-hybridized carbons (Fsp3) is 0.261. The summed E-state index contributed by atoms with van der Waals surface area (Å²) in [5.74, 6) is -0.533. The Balaban J connectivity index is 1.67. The van der Waals surface area contributed by atoms with Gasteiger partial charge in [-0.3, -0.25) is 19.4 Å². The number of amides is 3. The minimum atomic E-state index is -0.665. The number of nitrogens with zero attached hydrogens (tertiary/aromatic N) is 2. The lowest BCUT2D eigenvalue weighted by molar-refractivity contribution is -0.123. The highest BCUT2D eigenvalue weighted by molar-refractivity contribution is 5.96. The normalized spacial score (nSPS) is 11.6. The number of nitrogens with one attached hydrogen (secondary N) is 3. The number of rotatable bonds is 8. The topological polar surface area (TPSA) is 126 Å². The molecule has 3 N–H and O–H groups in total. The molecule has 0 aliphatic rings. The number of aromatic nitrogens is 2. The largest absolute Gasteiger partial charge is 0.451 e. The summed E-state index contributed by atoms with van der Waals surface area (Å²) in [5, 5.41) is 8.05. The lowest BCUT2D eigenvalue weighted by Gasteiger charge is -2.19. The first-order valence-electron chi connectivity index (χ1n) is 10.1. The third-order valence-corrected chi connectivity index (χ3v) is 4.77. The Morgan fingerprint density at radius 2 is 1.88 bits per heavy atom. The lowest BCUT2D eigenvalue weighted by atomic mass is 10.0. The molecule has 0 saturated heterocycles. The van der Waals surface area contributed by atoms with Gasteiger partial charge in [-0.05, 0) is 29.7 Å². The van der Waals surface area contributed by atoms with Crippen molar-refractivity contribution in [1.29, 1.82) is 0 Å². The number of carbonyl (C=O) groups is 3. The van der Waals surface area contributed by atoms with E-state index in [9.17, 15) is 14.4 Å². The minimum Gasteiger partial charge on any atom is -0.451 e. The number of hydrogen-bond acceptors (Lipinski definition) is 6. The Hall–Kier alpha value is -4.01. The van der Waals surface area contributed by atoms with Crippen molar-refractivity contribution in [1.82, 2.24) is 25.9 Å². The van der Waals surface area contributed by atoms with Gasteiger partial charge >= 0.3 is 0 Å². The van der Waals surface area contributed by atoms with Gasteiger partial charge in [0.25, 0.3) is 11.8 Å². The third kappa shape index (κ3) is 5.57. The molecule has 3 amide bonds. The standard InChI is InChI=1S/C23H25N5O4/c1-14(2)20(23(31)24-3)28-22(30)19-8-7-18(32-19)16-6-4-5-15(11-16)12-27-21(29)17-13-25-9-10-26-17/h4-11,13-14,20H,12H2,1-3H3,(H,24,31)(H,27,29)(H,28,30)/t20-/m0/s1. The molecule has 32 heavy (non-hydrogen) atoms. The summed E-state index contributed by atoms with van der Waals surface area (Å²) in [6.07, 6.45) is 4.35. The van der Waals surface area contributed by atoms with Crippen molar-refractivity contribution >= 4 is 17.7 Å². The molecule has 2 heterocycles. The monoisotopic (exact) mass is 435 g/mol. The molecule has 0 aliphatic carbocycles. The Bertz CT molecular complexity index is 1090. The van der Waals surface area contributed by atoms with E-state index in [0.29, 0.717) is 12.3 Å². The Morgan fingerprint density at radius 1 is 1.06 bits per heavy atom.